The Labute approximate surface area is 79.2 Å². The fraction of sp³-hybridized carbons (Fsp3) is 0.800. The maximum absolute atomic E-state index is 4.25. The first-order chi connectivity index (χ1) is 6.42. The third-order valence-electron chi connectivity index (χ3n) is 2.69. The van der Waals surface area contributed by atoms with E-state index in [1.165, 1.54) is 37.3 Å². The van der Waals surface area contributed by atoms with Gasteiger partial charge in [0.05, 0.1) is 0 Å². The summed E-state index contributed by atoms with van der Waals surface area (Å²) in [6, 6.07) is 0. The molecule has 0 saturated carbocycles. The third-order valence-corrected chi connectivity index (χ3v) is 2.69. The number of aromatic nitrogens is 3. The molecule has 1 aliphatic rings. The number of rotatable bonds is 3. The Morgan fingerprint density at radius 1 is 1.31 bits per heavy atom. The van der Waals surface area contributed by atoms with Crippen molar-refractivity contribution in [3.05, 3.63) is 11.6 Å². The van der Waals surface area contributed by atoms with Gasteiger partial charge in [0.1, 0.15) is 11.6 Å². The van der Waals surface area contributed by atoms with Crippen LogP contribution in [0.5, 0.6) is 0 Å². The van der Waals surface area contributed by atoms with Crippen LogP contribution in [-0.4, -0.2) is 14.8 Å². The van der Waals surface area contributed by atoms with Crippen LogP contribution in [0.25, 0.3) is 0 Å². The Morgan fingerprint density at radius 2 is 2.23 bits per heavy atom. The molecule has 0 fully saturated rings. The largest absolute Gasteiger partial charge is 0.315 e. The quantitative estimate of drug-likeness (QED) is 0.710. The predicted molar refractivity (Wildman–Crippen MR) is 51.6 cm³/mol. The monoisotopic (exact) mass is 179 g/mol. The summed E-state index contributed by atoms with van der Waals surface area (Å²) >= 11 is 0. The normalized spacial score (nSPS) is 15.8. The first-order valence-corrected chi connectivity index (χ1v) is 5.32. The van der Waals surface area contributed by atoms with Gasteiger partial charge in [-0.15, -0.1) is 10.2 Å². The van der Waals surface area contributed by atoms with Gasteiger partial charge in [0.15, 0.2) is 0 Å². The standard InChI is InChI=1S/C10H17N3/c1-2-3-6-9-11-12-10-7-4-5-8-13(9)10/h2-8H2,1H3. The van der Waals surface area contributed by atoms with Gasteiger partial charge >= 0.3 is 0 Å². The number of nitrogens with zero attached hydrogens (tertiary/aromatic N) is 3. The van der Waals surface area contributed by atoms with Crippen LogP contribution >= 0.6 is 0 Å². The summed E-state index contributed by atoms with van der Waals surface area (Å²) in [5.74, 6) is 2.41. The maximum atomic E-state index is 4.25. The maximum Gasteiger partial charge on any atom is 0.132 e. The van der Waals surface area contributed by atoms with E-state index in [0.717, 1.165) is 19.4 Å². The van der Waals surface area contributed by atoms with Crippen LogP contribution in [0.4, 0.5) is 0 Å². The van der Waals surface area contributed by atoms with Crippen molar-refractivity contribution in [1.29, 1.82) is 0 Å². The lowest BCUT2D eigenvalue weighted by molar-refractivity contribution is 0.504. The molecule has 0 unspecified atom stereocenters. The summed E-state index contributed by atoms with van der Waals surface area (Å²) in [4.78, 5) is 0. The van der Waals surface area contributed by atoms with Crippen LogP contribution in [0.1, 0.15) is 44.3 Å². The molecular weight excluding hydrogens is 162 g/mol. The van der Waals surface area contributed by atoms with Gasteiger partial charge in [-0.25, -0.2) is 0 Å². The second-order valence-electron chi connectivity index (χ2n) is 3.74. The van der Waals surface area contributed by atoms with Gasteiger partial charge < -0.3 is 4.57 Å². The number of unbranched alkanes of at least 4 members (excludes halogenated alkanes) is 1. The van der Waals surface area contributed by atoms with Gasteiger partial charge in [-0.1, -0.05) is 13.3 Å². The van der Waals surface area contributed by atoms with Crippen molar-refractivity contribution < 1.29 is 0 Å². The Kier molecular flexibility index (Phi) is 2.62. The molecule has 0 atom stereocenters. The smallest absolute Gasteiger partial charge is 0.132 e. The summed E-state index contributed by atoms with van der Waals surface area (Å²) in [5, 5.41) is 8.47. The predicted octanol–water partition coefficient (Wildman–Crippen LogP) is 1.96. The topological polar surface area (TPSA) is 30.7 Å². The SMILES string of the molecule is CCCCc1nnc2n1CCCC2. The van der Waals surface area contributed by atoms with Gasteiger partial charge in [0, 0.05) is 19.4 Å². The minimum absolute atomic E-state index is 1.10. The highest BCUT2D eigenvalue weighted by atomic mass is 15.3. The van der Waals surface area contributed by atoms with E-state index in [4.69, 9.17) is 0 Å². The highest BCUT2D eigenvalue weighted by Crippen LogP contribution is 2.15. The molecule has 3 heteroatoms. The Morgan fingerprint density at radius 3 is 3.08 bits per heavy atom. The van der Waals surface area contributed by atoms with Crippen molar-refractivity contribution in [2.75, 3.05) is 0 Å². The van der Waals surface area contributed by atoms with Crippen LogP contribution in [0.3, 0.4) is 0 Å². The van der Waals surface area contributed by atoms with Gasteiger partial charge in [0.2, 0.25) is 0 Å². The fourth-order valence-corrected chi connectivity index (χ4v) is 1.89. The summed E-state index contributed by atoms with van der Waals surface area (Å²) in [6.45, 7) is 3.36. The summed E-state index contributed by atoms with van der Waals surface area (Å²) < 4.78 is 2.32. The van der Waals surface area contributed by atoms with Gasteiger partial charge in [-0.05, 0) is 19.3 Å². The van der Waals surface area contributed by atoms with Crippen molar-refractivity contribution in [1.82, 2.24) is 14.8 Å². The van der Waals surface area contributed by atoms with Crippen molar-refractivity contribution in [2.24, 2.45) is 0 Å². The molecule has 0 spiro atoms. The zero-order chi connectivity index (χ0) is 9.10. The fourth-order valence-electron chi connectivity index (χ4n) is 1.89. The van der Waals surface area contributed by atoms with Gasteiger partial charge in [-0.2, -0.15) is 0 Å². The lowest BCUT2D eigenvalue weighted by Crippen LogP contribution is -2.13. The Hall–Kier alpha value is -0.860. The molecule has 2 rings (SSSR count). The van der Waals surface area contributed by atoms with E-state index in [9.17, 15) is 0 Å². The van der Waals surface area contributed by atoms with E-state index in [1.807, 2.05) is 0 Å². The van der Waals surface area contributed by atoms with Crippen molar-refractivity contribution in [3.63, 3.8) is 0 Å². The second-order valence-corrected chi connectivity index (χ2v) is 3.74. The van der Waals surface area contributed by atoms with Crippen molar-refractivity contribution in [3.8, 4) is 0 Å². The third kappa shape index (κ3) is 1.74. The summed E-state index contributed by atoms with van der Waals surface area (Å²) in [7, 11) is 0. The first kappa shape index (κ1) is 8.73. The summed E-state index contributed by atoms with van der Waals surface area (Å²) in [6.07, 6.45) is 7.28. The van der Waals surface area contributed by atoms with E-state index >= 15 is 0 Å². The molecule has 0 aliphatic carbocycles. The van der Waals surface area contributed by atoms with Crippen LogP contribution in [0.15, 0.2) is 0 Å². The zero-order valence-electron chi connectivity index (χ0n) is 8.29. The zero-order valence-corrected chi connectivity index (χ0v) is 8.29. The number of fused-ring (bicyclic) bond motifs is 1. The van der Waals surface area contributed by atoms with Crippen molar-refractivity contribution >= 4 is 0 Å². The average molecular weight is 179 g/mol. The van der Waals surface area contributed by atoms with E-state index in [-0.39, 0.29) is 0 Å². The molecular formula is C10H17N3. The van der Waals surface area contributed by atoms with Crippen LogP contribution in [0, 0.1) is 0 Å². The molecule has 2 heterocycles. The molecule has 0 aromatic carbocycles. The lowest BCUT2D eigenvalue weighted by Gasteiger charge is -2.14. The Bertz CT molecular complexity index is 278. The van der Waals surface area contributed by atoms with Crippen LogP contribution in [-0.2, 0) is 19.4 Å². The molecule has 3 nitrogen and oxygen atoms in total. The molecule has 1 aliphatic heterocycles. The molecule has 1 aromatic rings. The summed E-state index contributed by atoms with van der Waals surface area (Å²) in [5.41, 5.74) is 0. The highest BCUT2D eigenvalue weighted by molar-refractivity contribution is 4.98. The molecule has 72 valence electrons. The number of hydrogen-bond acceptors (Lipinski definition) is 2. The first-order valence-electron chi connectivity index (χ1n) is 5.32. The van der Waals surface area contributed by atoms with E-state index < -0.39 is 0 Å². The van der Waals surface area contributed by atoms with Crippen LogP contribution in [0.2, 0.25) is 0 Å². The molecule has 0 bridgehead atoms. The average Bonchev–Trinajstić information content (AvgIpc) is 2.58. The molecule has 1 aromatic heterocycles. The Balaban J connectivity index is 2.12. The number of hydrogen-bond donors (Lipinski definition) is 0. The molecule has 0 amide bonds. The molecule has 0 N–H and O–H groups in total. The van der Waals surface area contributed by atoms with E-state index in [2.05, 4.69) is 21.7 Å². The molecule has 0 saturated heterocycles. The van der Waals surface area contributed by atoms with E-state index in [0.29, 0.717) is 0 Å². The number of aryl methyl sites for hydroxylation is 2. The second kappa shape index (κ2) is 3.90. The highest BCUT2D eigenvalue weighted by Gasteiger charge is 2.14. The minimum Gasteiger partial charge on any atom is -0.315 e. The van der Waals surface area contributed by atoms with Crippen LogP contribution < -0.4 is 0 Å². The lowest BCUT2D eigenvalue weighted by atomic mass is 10.1. The minimum atomic E-state index is 1.10. The van der Waals surface area contributed by atoms with Gasteiger partial charge in [-0.3, -0.25) is 0 Å². The van der Waals surface area contributed by atoms with Crippen molar-refractivity contribution in [2.45, 2.75) is 52.0 Å². The van der Waals surface area contributed by atoms with Gasteiger partial charge in [0.25, 0.3) is 0 Å². The molecule has 0 radical (unpaired) electrons. The van der Waals surface area contributed by atoms with E-state index in [1.54, 1.807) is 0 Å². The molecule has 13 heavy (non-hydrogen) atoms.